The van der Waals surface area contributed by atoms with Gasteiger partial charge in [0.25, 0.3) is 5.91 Å². The number of nitrogens with one attached hydrogen (secondary N) is 3. The zero-order chi connectivity index (χ0) is 13.7. The standard InChI is InChI=1S/C12H17N3O3S/c1-8-10(4-6-17-8)11(16)14-15-12(19)13-7-9-3-2-5-18-9/h4,6,9H,2-3,5,7H2,1H3,(H,14,16)(H2,13,15,19)/t9-/m0/s1. The van der Waals surface area contributed by atoms with Gasteiger partial charge in [-0.3, -0.25) is 15.6 Å². The molecule has 0 radical (unpaired) electrons. The summed E-state index contributed by atoms with van der Waals surface area (Å²) in [5.41, 5.74) is 5.63. The maximum absolute atomic E-state index is 11.7. The minimum atomic E-state index is -0.285. The third-order valence-electron chi connectivity index (χ3n) is 2.91. The van der Waals surface area contributed by atoms with Crippen LogP contribution in [0.4, 0.5) is 0 Å². The number of aryl methyl sites for hydroxylation is 1. The molecule has 2 heterocycles. The molecular weight excluding hydrogens is 266 g/mol. The number of thiocarbonyl (C=S) groups is 1. The summed E-state index contributed by atoms with van der Waals surface area (Å²) in [5.74, 6) is 0.282. The molecule has 0 aliphatic carbocycles. The lowest BCUT2D eigenvalue weighted by Gasteiger charge is -2.14. The van der Waals surface area contributed by atoms with Gasteiger partial charge >= 0.3 is 0 Å². The molecule has 1 atom stereocenters. The Morgan fingerprint density at radius 2 is 2.37 bits per heavy atom. The predicted octanol–water partition coefficient (Wildman–Crippen LogP) is 0.876. The van der Waals surface area contributed by atoms with E-state index in [1.54, 1.807) is 13.0 Å². The summed E-state index contributed by atoms with van der Waals surface area (Å²) in [7, 11) is 0. The quantitative estimate of drug-likeness (QED) is 0.565. The number of hydrogen-bond donors (Lipinski definition) is 3. The molecule has 7 heteroatoms. The van der Waals surface area contributed by atoms with Crippen molar-refractivity contribution in [3.8, 4) is 0 Å². The molecule has 104 valence electrons. The molecule has 0 bridgehead atoms. The maximum Gasteiger partial charge on any atom is 0.273 e. The third-order valence-corrected chi connectivity index (χ3v) is 3.15. The van der Waals surface area contributed by atoms with Crippen molar-refractivity contribution in [3.63, 3.8) is 0 Å². The number of furan rings is 1. The van der Waals surface area contributed by atoms with Crippen LogP contribution in [0, 0.1) is 6.92 Å². The molecule has 1 aliphatic rings. The van der Waals surface area contributed by atoms with E-state index in [4.69, 9.17) is 21.4 Å². The van der Waals surface area contributed by atoms with Crippen molar-refractivity contribution in [1.29, 1.82) is 0 Å². The fourth-order valence-corrected chi connectivity index (χ4v) is 1.99. The van der Waals surface area contributed by atoms with Gasteiger partial charge in [-0.15, -0.1) is 0 Å². The zero-order valence-electron chi connectivity index (χ0n) is 10.7. The van der Waals surface area contributed by atoms with Crippen LogP contribution >= 0.6 is 12.2 Å². The Labute approximate surface area is 116 Å². The fourth-order valence-electron chi connectivity index (χ4n) is 1.86. The van der Waals surface area contributed by atoms with E-state index >= 15 is 0 Å². The minimum absolute atomic E-state index is 0.201. The second-order valence-corrected chi connectivity index (χ2v) is 4.72. The molecule has 1 aromatic heterocycles. The van der Waals surface area contributed by atoms with E-state index < -0.39 is 0 Å². The highest BCUT2D eigenvalue weighted by Crippen LogP contribution is 2.10. The van der Waals surface area contributed by atoms with Crippen molar-refractivity contribution in [3.05, 3.63) is 23.7 Å². The van der Waals surface area contributed by atoms with E-state index in [-0.39, 0.29) is 12.0 Å². The number of rotatable bonds is 3. The van der Waals surface area contributed by atoms with E-state index in [0.29, 0.717) is 23.0 Å². The molecule has 19 heavy (non-hydrogen) atoms. The van der Waals surface area contributed by atoms with Gasteiger partial charge in [-0.2, -0.15) is 0 Å². The summed E-state index contributed by atoms with van der Waals surface area (Å²) in [6, 6.07) is 1.61. The van der Waals surface area contributed by atoms with E-state index in [1.165, 1.54) is 6.26 Å². The van der Waals surface area contributed by atoms with Crippen LogP contribution in [0.25, 0.3) is 0 Å². The molecule has 0 saturated carbocycles. The highest BCUT2D eigenvalue weighted by atomic mass is 32.1. The molecule has 6 nitrogen and oxygen atoms in total. The smallest absolute Gasteiger partial charge is 0.273 e. The summed E-state index contributed by atoms with van der Waals surface area (Å²) in [6.07, 6.45) is 3.80. The van der Waals surface area contributed by atoms with Crippen molar-refractivity contribution in [2.24, 2.45) is 0 Å². The van der Waals surface area contributed by atoms with Gasteiger partial charge in [-0.05, 0) is 38.0 Å². The van der Waals surface area contributed by atoms with E-state index in [9.17, 15) is 4.79 Å². The lowest BCUT2D eigenvalue weighted by molar-refractivity contribution is 0.0941. The molecule has 1 fully saturated rings. The zero-order valence-corrected chi connectivity index (χ0v) is 11.5. The van der Waals surface area contributed by atoms with Gasteiger partial charge in [0.2, 0.25) is 0 Å². The van der Waals surface area contributed by atoms with Gasteiger partial charge in [0.1, 0.15) is 5.76 Å². The number of ether oxygens (including phenoxy) is 1. The molecule has 2 rings (SSSR count). The summed E-state index contributed by atoms with van der Waals surface area (Å²) >= 11 is 5.05. The summed E-state index contributed by atoms with van der Waals surface area (Å²) in [5, 5.41) is 3.36. The summed E-state index contributed by atoms with van der Waals surface area (Å²) in [4.78, 5) is 11.7. The SMILES string of the molecule is Cc1occc1C(=O)NNC(=S)NC[C@@H]1CCCO1. The Balaban J connectivity index is 1.68. The monoisotopic (exact) mass is 283 g/mol. The average molecular weight is 283 g/mol. The van der Waals surface area contributed by atoms with Crippen molar-refractivity contribution in [2.45, 2.75) is 25.9 Å². The maximum atomic E-state index is 11.7. The molecule has 0 aromatic carbocycles. The first-order valence-electron chi connectivity index (χ1n) is 6.16. The third kappa shape index (κ3) is 3.93. The van der Waals surface area contributed by atoms with Crippen molar-refractivity contribution < 1.29 is 13.9 Å². The van der Waals surface area contributed by atoms with Crippen LogP contribution < -0.4 is 16.2 Å². The number of hydrogen-bond acceptors (Lipinski definition) is 4. The van der Waals surface area contributed by atoms with Crippen LogP contribution in [-0.4, -0.2) is 30.3 Å². The normalized spacial score (nSPS) is 18.1. The second kappa shape index (κ2) is 6.53. The second-order valence-electron chi connectivity index (χ2n) is 4.31. The average Bonchev–Trinajstić information content (AvgIpc) is 3.04. The van der Waals surface area contributed by atoms with Gasteiger partial charge in [-0.25, -0.2) is 0 Å². The van der Waals surface area contributed by atoms with Gasteiger partial charge < -0.3 is 14.5 Å². The number of carbonyl (C=O) groups excluding carboxylic acids is 1. The first-order valence-corrected chi connectivity index (χ1v) is 6.57. The molecule has 1 saturated heterocycles. The Bertz CT molecular complexity index is 455. The number of amides is 1. The molecule has 3 N–H and O–H groups in total. The van der Waals surface area contributed by atoms with Gasteiger partial charge in [0.05, 0.1) is 17.9 Å². The molecule has 0 spiro atoms. The molecule has 1 aliphatic heterocycles. The first-order chi connectivity index (χ1) is 9.16. The molecule has 1 aromatic rings. The minimum Gasteiger partial charge on any atom is -0.469 e. The first kappa shape index (κ1) is 13.8. The van der Waals surface area contributed by atoms with E-state index in [1.807, 2.05) is 0 Å². The Morgan fingerprint density at radius 1 is 1.53 bits per heavy atom. The van der Waals surface area contributed by atoms with Crippen LogP contribution in [0.1, 0.15) is 29.0 Å². The summed E-state index contributed by atoms with van der Waals surface area (Å²) in [6.45, 7) is 3.18. The molecular formula is C12H17N3O3S. The van der Waals surface area contributed by atoms with Crippen LogP contribution in [0.5, 0.6) is 0 Å². The van der Waals surface area contributed by atoms with E-state index in [0.717, 1.165) is 19.4 Å². The number of hydrazine groups is 1. The van der Waals surface area contributed by atoms with Crippen LogP contribution in [0.3, 0.4) is 0 Å². The summed E-state index contributed by atoms with van der Waals surface area (Å²) < 4.78 is 10.5. The van der Waals surface area contributed by atoms with Gasteiger partial charge in [0.15, 0.2) is 5.11 Å². The van der Waals surface area contributed by atoms with Gasteiger partial charge in [-0.1, -0.05) is 0 Å². The highest BCUT2D eigenvalue weighted by Gasteiger charge is 2.15. The lowest BCUT2D eigenvalue weighted by atomic mass is 10.2. The van der Waals surface area contributed by atoms with Crippen LogP contribution in [0.2, 0.25) is 0 Å². The van der Waals surface area contributed by atoms with Crippen LogP contribution in [-0.2, 0) is 4.74 Å². The predicted molar refractivity (Wildman–Crippen MR) is 73.6 cm³/mol. The Morgan fingerprint density at radius 3 is 3.00 bits per heavy atom. The number of carbonyl (C=O) groups is 1. The van der Waals surface area contributed by atoms with Crippen molar-refractivity contribution in [1.82, 2.24) is 16.2 Å². The lowest BCUT2D eigenvalue weighted by Crippen LogP contribution is -2.48. The largest absolute Gasteiger partial charge is 0.469 e. The van der Waals surface area contributed by atoms with Crippen LogP contribution in [0.15, 0.2) is 16.7 Å². The molecule has 1 amide bonds. The fraction of sp³-hybridized carbons (Fsp3) is 0.500. The Kier molecular flexibility index (Phi) is 4.75. The highest BCUT2D eigenvalue weighted by molar-refractivity contribution is 7.80. The van der Waals surface area contributed by atoms with E-state index in [2.05, 4.69) is 16.2 Å². The van der Waals surface area contributed by atoms with Gasteiger partial charge in [0, 0.05) is 13.2 Å². The Hall–Kier alpha value is -1.60. The van der Waals surface area contributed by atoms with Crippen molar-refractivity contribution >= 4 is 23.2 Å². The van der Waals surface area contributed by atoms with Crippen molar-refractivity contribution in [2.75, 3.05) is 13.2 Å². The topological polar surface area (TPSA) is 75.5 Å². The molecule has 0 unspecified atom stereocenters.